The summed E-state index contributed by atoms with van der Waals surface area (Å²) in [6, 6.07) is 5.78. The van der Waals surface area contributed by atoms with Crippen molar-refractivity contribution in [2.24, 2.45) is 5.92 Å². The van der Waals surface area contributed by atoms with Crippen molar-refractivity contribution in [3.8, 4) is 0 Å². The minimum absolute atomic E-state index is 0.0245. The molecule has 1 aliphatic rings. The van der Waals surface area contributed by atoms with E-state index in [0.29, 0.717) is 6.42 Å². The topological polar surface area (TPSA) is 54.4 Å². The molecule has 3 atom stereocenters. The molecule has 0 aromatic heterocycles. The molecule has 0 heterocycles. The van der Waals surface area contributed by atoms with Gasteiger partial charge in [0, 0.05) is 10.7 Å². The van der Waals surface area contributed by atoms with E-state index < -0.39 is 15.9 Å². The van der Waals surface area contributed by atoms with Gasteiger partial charge in [0.05, 0.1) is 11.4 Å². The summed E-state index contributed by atoms with van der Waals surface area (Å²) in [7, 11) is -3.01. The van der Waals surface area contributed by atoms with Gasteiger partial charge in [0.2, 0.25) is 0 Å². The highest BCUT2D eigenvalue weighted by molar-refractivity contribution is 9.10. The molecule has 2 rings (SSSR count). The second-order valence-electron chi connectivity index (χ2n) is 5.78. The van der Waals surface area contributed by atoms with E-state index >= 15 is 0 Å². The maximum atomic E-state index is 11.7. The van der Waals surface area contributed by atoms with E-state index in [1.54, 1.807) is 0 Å². The molecule has 1 fully saturated rings. The van der Waals surface area contributed by atoms with Crippen LogP contribution < -0.4 is 0 Å². The number of aliphatic hydroxyl groups excluding tert-OH is 1. The van der Waals surface area contributed by atoms with Crippen molar-refractivity contribution in [3.05, 3.63) is 33.8 Å². The average Bonchev–Trinajstić information content (AvgIpc) is 2.40. The van der Waals surface area contributed by atoms with Crippen LogP contribution >= 0.6 is 15.9 Å². The number of sulfone groups is 1. The summed E-state index contributed by atoms with van der Waals surface area (Å²) in [6.45, 7) is 1.97. The molecule has 1 aromatic carbocycles. The molecule has 1 aromatic rings. The quantitative estimate of drug-likeness (QED) is 0.898. The summed E-state index contributed by atoms with van der Waals surface area (Å²) in [5.74, 6) is 0.0245. The van der Waals surface area contributed by atoms with Gasteiger partial charge < -0.3 is 5.11 Å². The Kier molecular flexibility index (Phi) is 4.92. The SMILES string of the molecule is Cc1c(Br)cccc1C(O)C1CCCC(S(C)(=O)=O)C1. The zero-order valence-corrected chi connectivity index (χ0v) is 14.2. The molecule has 3 unspecified atom stereocenters. The molecule has 5 heteroatoms. The third-order valence-corrected chi connectivity index (χ3v) is 6.85. The summed E-state index contributed by atoms with van der Waals surface area (Å²) in [6.07, 6.45) is 3.76. The van der Waals surface area contributed by atoms with Gasteiger partial charge in [0.1, 0.15) is 9.84 Å². The molecule has 0 saturated heterocycles. The zero-order valence-electron chi connectivity index (χ0n) is 11.8. The van der Waals surface area contributed by atoms with Crippen molar-refractivity contribution in [3.63, 3.8) is 0 Å². The maximum absolute atomic E-state index is 11.7. The van der Waals surface area contributed by atoms with Crippen molar-refractivity contribution >= 4 is 25.8 Å². The number of benzene rings is 1. The fourth-order valence-electron chi connectivity index (χ4n) is 3.06. The second kappa shape index (κ2) is 6.16. The molecule has 20 heavy (non-hydrogen) atoms. The first-order chi connectivity index (χ1) is 9.30. The predicted octanol–water partition coefficient (Wildman–Crippen LogP) is 3.39. The molecule has 0 amide bonds. The minimum atomic E-state index is -3.01. The number of rotatable bonds is 3. The first-order valence-electron chi connectivity index (χ1n) is 6.92. The smallest absolute Gasteiger partial charge is 0.150 e. The highest BCUT2D eigenvalue weighted by Gasteiger charge is 2.33. The summed E-state index contributed by atoms with van der Waals surface area (Å²) in [4.78, 5) is 0. The Morgan fingerprint density at radius 1 is 1.35 bits per heavy atom. The van der Waals surface area contributed by atoms with Gasteiger partial charge in [-0.1, -0.05) is 34.5 Å². The van der Waals surface area contributed by atoms with Gasteiger partial charge in [0.25, 0.3) is 0 Å². The molecule has 112 valence electrons. The molecule has 3 nitrogen and oxygen atoms in total. The lowest BCUT2D eigenvalue weighted by Gasteiger charge is -2.32. The number of halogens is 1. The first kappa shape index (κ1) is 16.0. The summed E-state index contributed by atoms with van der Waals surface area (Å²) in [5.41, 5.74) is 1.93. The molecule has 1 saturated carbocycles. The van der Waals surface area contributed by atoms with Crippen molar-refractivity contribution < 1.29 is 13.5 Å². The summed E-state index contributed by atoms with van der Waals surface area (Å²) >= 11 is 3.47. The largest absolute Gasteiger partial charge is 0.388 e. The van der Waals surface area contributed by atoms with E-state index in [4.69, 9.17) is 0 Å². The molecule has 0 bridgehead atoms. The Morgan fingerprint density at radius 2 is 2.05 bits per heavy atom. The fraction of sp³-hybridized carbons (Fsp3) is 0.600. The van der Waals surface area contributed by atoms with Crippen molar-refractivity contribution in [2.75, 3.05) is 6.26 Å². The van der Waals surface area contributed by atoms with Crippen molar-refractivity contribution in [2.45, 2.75) is 44.0 Å². The van der Waals surface area contributed by atoms with Crippen molar-refractivity contribution in [1.82, 2.24) is 0 Å². The van der Waals surface area contributed by atoms with Crippen LogP contribution in [-0.2, 0) is 9.84 Å². The van der Waals surface area contributed by atoms with Crippen LogP contribution in [0.15, 0.2) is 22.7 Å². The number of aliphatic hydroxyl groups is 1. The lowest BCUT2D eigenvalue weighted by molar-refractivity contribution is 0.0851. The standard InChI is InChI=1S/C15H21BrO3S/c1-10-13(7-4-8-14(10)16)15(17)11-5-3-6-12(9-11)20(2,18)19/h4,7-8,11-12,15,17H,3,5-6,9H2,1-2H3. The Hall–Kier alpha value is -0.390. The van der Waals surface area contributed by atoms with Crippen LogP contribution in [-0.4, -0.2) is 25.0 Å². The van der Waals surface area contributed by atoms with Gasteiger partial charge in [-0.2, -0.15) is 0 Å². The van der Waals surface area contributed by atoms with Crippen LogP contribution in [0.4, 0.5) is 0 Å². The highest BCUT2D eigenvalue weighted by Crippen LogP contribution is 2.38. The number of hydrogen-bond acceptors (Lipinski definition) is 3. The minimum Gasteiger partial charge on any atom is -0.388 e. The van der Waals surface area contributed by atoms with E-state index in [-0.39, 0.29) is 11.2 Å². The fourth-order valence-corrected chi connectivity index (χ4v) is 4.63. The van der Waals surface area contributed by atoms with Crippen LogP contribution in [0.3, 0.4) is 0 Å². The van der Waals surface area contributed by atoms with Crippen LogP contribution in [0.2, 0.25) is 0 Å². The Morgan fingerprint density at radius 3 is 2.70 bits per heavy atom. The Labute approximate surface area is 129 Å². The van der Waals surface area contributed by atoms with Gasteiger partial charge in [0.15, 0.2) is 0 Å². The molecule has 0 spiro atoms. The van der Waals surface area contributed by atoms with Gasteiger partial charge in [-0.3, -0.25) is 0 Å². The van der Waals surface area contributed by atoms with Gasteiger partial charge in [-0.25, -0.2) is 8.42 Å². The molecular formula is C15H21BrO3S. The molecule has 0 radical (unpaired) electrons. The number of hydrogen-bond donors (Lipinski definition) is 1. The maximum Gasteiger partial charge on any atom is 0.150 e. The summed E-state index contributed by atoms with van der Waals surface area (Å²) < 4.78 is 24.4. The monoisotopic (exact) mass is 360 g/mol. The van der Waals surface area contributed by atoms with Crippen LogP contribution in [0.25, 0.3) is 0 Å². The zero-order chi connectivity index (χ0) is 14.9. The third kappa shape index (κ3) is 3.43. The van der Waals surface area contributed by atoms with E-state index in [1.165, 1.54) is 6.26 Å². The van der Waals surface area contributed by atoms with E-state index in [0.717, 1.165) is 34.9 Å². The summed E-state index contributed by atoms with van der Waals surface area (Å²) in [5, 5.41) is 10.3. The predicted molar refractivity (Wildman–Crippen MR) is 84.4 cm³/mol. The lowest BCUT2D eigenvalue weighted by Crippen LogP contribution is -2.30. The first-order valence-corrected chi connectivity index (χ1v) is 9.67. The lowest BCUT2D eigenvalue weighted by atomic mass is 9.81. The van der Waals surface area contributed by atoms with Crippen molar-refractivity contribution in [1.29, 1.82) is 0 Å². The molecule has 0 aliphatic heterocycles. The third-order valence-electron chi connectivity index (χ3n) is 4.35. The van der Waals surface area contributed by atoms with Gasteiger partial charge in [-0.15, -0.1) is 0 Å². The molecule has 1 aliphatic carbocycles. The highest BCUT2D eigenvalue weighted by atomic mass is 79.9. The molecule has 1 N–H and O–H groups in total. The van der Waals surface area contributed by atoms with Gasteiger partial charge >= 0.3 is 0 Å². The van der Waals surface area contributed by atoms with Crippen LogP contribution in [0.1, 0.15) is 42.9 Å². The van der Waals surface area contributed by atoms with Crippen LogP contribution in [0, 0.1) is 12.8 Å². The normalized spacial score (nSPS) is 25.4. The average molecular weight is 361 g/mol. The molecular weight excluding hydrogens is 340 g/mol. The van der Waals surface area contributed by atoms with E-state index in [9.17, 15) is 13.5 Å². The van der Waals surface area contributed by atoms with Crippen LogP contribution in [0.5, 0.6) is 0 Å². The second-order valence-corrected chi connectivity index (χ2v) is 8.96. The Bertz CT molecular complexity index is 583. The Balaban J connectivity index is 2.21. The van der Waals surface area contributed by atoms with E-state index in [1.807, 2.05) is 25.1 Å². The van der Waals surface area contributed by atoms with E-state index in [2.05, 4.69) is 15.9 Å². The van der Waals surface area contributed by atoms with Gasteiger partial charge in [-0.05, 0) is 49.3 Å².